The molecule has 5 nitrogen and oxygen atoms in total. The lowest BCUT2D eigenvalue weighted by Crippen LogP contribution is -2.25. The second-order valence-electron chi connectivity index (χ2n) is 5.85. The molecule has 0 saturated carbocycles. The molecule has 136 valence electrons. The quantitative estimate of drug-likeness (QED) is 0.838. The minimum Gasteiger partial charge on any atom is -0.493 e. The van der Waals surface area contributed by atoms with Crippen molar-refractivity contribution in [1.29, 1.82) is 0 Å². The molecule has 0 radical (unpaired) electrons. The van der Waals surface area contributed by atoms with E-state index in [1.165, 1.54) is 26.2 Å². The van der Waals surface area contributed by atoms with Crippen molar-refractivity contribution < 1.29 is 23.0 Å². The van der Waals surface area contributed by atoms with Crippen LogP contribution in [0.15, 0.2) is 35.4 Å². The number of hydrogen-bond acceptors (Lipinski definition) is 4. The summed E-state index contributed by atoms with van der Waals surface area (Å²) in [5, 5.41) is 5.43. The predicted molar refractivity (Wildman–Crippen MR) is 92.8 cm³/mol. The maximum atomic E-state index is 14.1. The molecule has 26 heavy (non-hydrogen) atoms. The molecule has 0 spiro atoms. The molecule has 1 aliphatic heterocycles. The van der Waals surface area contributed by atoms with Crippen molar-refractivity contribution in [2.45, 2.75) is 13.3 Å². The van der Waals surface area contributed by atoms with Crippen molar-refractivity contribution in [2.75, 3.05) is 20.8 Å². The number of methoxy groups -OCH3 is 2. The fourth-order valence-electron chi connectivity index (χ4n) is 2.77. The minimum absolute atomic E-state index is 0.148. The summed E-state index contributed by atoms with van der Waals surface area (Å²) in [7, 11) is 3.07. The van der Waals surface area contributed by atoms with Crippen molar-refractivity contribution in [3.8, 4) is 11.5 Å². The Hall–Kier alpha value is -2.96. The smallest absolute Gasteiger partial charge is 0.277 e. The Labute approximate surface area is 149 Å². The highest BCUT2D eigenvalue weighted by molar-refractivity contribution is 6.04. The first-order chi connectivity index (χ1) is 12.5. The fraction of sp³-hybridized carbons (Fsp3) is 0.263. The Balaban J connectivity index is 1.88. The zero-order chi connectivity index (χ0) is 18.8. The molecule has 7 heteroatoms. The molecule has 0 fully saturated rings. The highest BCUT2D eigenvalue weighted by Gasteiger charge is 2.26. The SMILES string of the molecule is COc1ccc(C2=NN(C(=O)c3ccc(C)c(F)c3F)CC2)cc1OC. The fourth-order valence-corrected chi connectivity index (χ4v) is 2.77. The molecule has 0 aromatic heterocycles. The van der Waals surface area contributed by atoms with E-state index in [4.69, 9.17) is 9.47 Å². The number of carbonyl (C=O) groups excluding carboxylic acids is 1. The average molecular weight is 360 g/mol. The summed E-state index contributed by atoms with van der Waals surface area (Å²) in [5.74, 6) is -1.70. The lowest BCUT2D eigenvalue weighted by atomic mass is 10.1. The maximum absolute atomic E-state index is 14.1. The Morgan fingerprint density at radius 2 is 1.81 bits per heavy atom. The summed E-state index contributed by atoms with van der Waals surface area (Å²) < 4.78 is 38.3. The number of hydrogen-bond donors (Lipinski definition) is 0. The first-order valence-electron chi connectivity index (χ1n) is 8.02. The normalized spacial score (nSPS) is 13.6. The third-order valence-corrected chi connectivity index (χ3v) is 4.26. The van der Waals surface area contributed by atoms with Crippen LogP contribution < -0.4 is 9.47 Å². The largest absolute Gasteiger partial charge is 0.493 e. The van der Waals surface area contributed by atoms with E-state index < -0.39 is 17.5 Å². The highest BCUT2D eigenvalue weighted by atomic mass is 19.2. The van der Waals surface area contributed by atoms with Crippen LogP contribution in [0.25, 0.3) is 0 Å². The van der Waals surface area contributed by atoms with Gasteiger partial charge in [-0.05, 0) is 36.8 Å². The second-order valence-corrected chi connectivity index (χ2v) is 5.85. The number of hydrazone groups is 1. The zero-order valence-electron chi connectivity index (χ0n) is 14.7. The predicted octanol–water partition coefficient (Wildman–Crippen LogP) is 3.54. The van der Waals surface area contributed by atoms with Gasteiger partial charge in [-0.2, -0.15) is 5.10 Å². The molecule has 0 unspecified atom stereocenters. The Bertz CT molecular complexity index is 897. The third kappa shape index (κ3) is 3.12. The van der Waals surface area contributed by atoms with Gasteiger partial charge in [-0.25, -0.2) is 13.8 Å². The summed E-state index contributed by atoms with van der Waals surface area (Å²) in [6.45, 7) is 1.73. The van der Waals surface area contributed by atoms with Gasteiger partial charge in [0.2, 0.25) is 0 Å². The standard InChI is InChI=1S/C19H18F2N2O3/c1-11-4-6-13(18(21)17(11)20)19(24)23-9-8-14(22-23)12-5-7-15(25-2)16(10-12)26-3/h4-7,10H,8-9H2,1-3H3. The van der Waals surface area contributed by atoms with Crippen molar-refractivity contribution in [2.24, 2.45) is 5.10 Å². The van der Waals surface area contributed by atoms with Gasteiger partial charge in [-0.1, -0.05) is 6.07 Å². The topological polar surface area (TPSA) is 51.1 Å². The average Bonchev–Trinajstić information content (AvgIpc) is 3.15. The first kappa shape index (κ1) is 17.8. The van der Waals surface area contributed by atoms with Gasteiger partial charge in [0.15, 0.2) is 23.1 Å². The number of ether oxygens (including phenoxy) is 2. The molecule has 2 aromatic rings. The lowest BCUT2D eigenvalue weighted by molar-refractivity contribution is 0.0772. The van der Waals surface area contributed by atoms with Crippen LogP contribution in [0.3, 0.4) is 0 Å². The molecule has 2 aromatic carbocycles. The molecule has 0 atom stereocenters. The molecule has 0 aliphatic carbocycles. The zero-order valence-corrected chi connectivity index (χ0v) is 14.7. The van der Waals surface area contributed by atoms with Gasteiger partial charge in [0.05, 0.1) is 32.0 Å². The molecule has 0 saturated heterocycles. The molecular weight excluding hydrogens is 342 g/mol. The summed E-state index contributed by atoms with van der Waals surface area (Å²) in [4.78, 5) is 12.5. The summed E-state index contributed by atoms with van der Waals surface area (Å²) in [6, 6.07) is 7.97. The van der Waals surface area contributed by atoms with Gasteiger partial charge in [-0.3, -0.25) is 4.79 Å². The lowest BCUT2D eigenvalue weighted by Gasteiger charge is -2.12. The van der Waals surface area contributed by atoms with E-state index in [-0.39, 0.29) is 17.7 Å². The van der Waals surface area contributed by atoms with E-state index >= 15 is 0 Å². The highest BCUT2D eigenvalue weighted by Crippen LogP contribution is 2.29. The van der Waals surface area contributed by atoms with Gasteiger partial charge in [0.25, 0.3) is 5.91 Å². The number of amides is 1. The monoisotopic (exact) mass is 360 g/mol. The number of benzene rings is 2. The van der Waals surface area contributed by atoms with Crippen molar-refractivity contribution >= 4 is 11.6 Å². The van der Waals surface area contributed by atoms with Crippen LogP contribution in [0.4, 0.5) is 8.78 Å². The number of aryl methyl sites for hydroxylation is 1. The molecule has 1 heterocycles. The van der Waals surface area contributed by atoms with Gasteiger partial charge in [0, 0.05) is 12.0 Å². The van der Waals surface area contributed by atoms with Crippen molar-refractivity contribution in [1.82, 2.24) is 5.01 Å². The van der Waals surface area contributed by atoms with E-state index in [1.807, 2.05) is 0 Å². The van der Waals surface area contributed by atoms with E-state index in [9.17, 15) is 13.6 Å². The van der Waals surface area contributed by atoms with Gasteiger partial charge >= 0.3 is 0 Å². The first-order valence-corrected chi connectivity index (χ1v) is 8.02. The second kappa shape index (κ2) is 7.11. The van der Waals surface area contributed by atoms with Gasteiger partial charge < -0.3 is 9.47 Å². The van der Waals surface area contributed by atoms with Crippen LogP contribution >= 0.6 is 0 Å². The van der Waals surface area contributed by atoms with Crippen LogP contribution in [0.2, 0.25) is 0 Å². The number of rotatable bonds is 4. The van der Waals surface area contributed by atoms with E-state index in [0.29, 0.717) is 23.6 Å². The molecule has 1 aliphatic rings. The Morgan fingerprint density at radius 3 is 2.50 bits per heavy atom. The van der Waals surface area contributed by atoms with Crippen LogP contribution in [-0.4, -0.2) is 37.4 Å². The van der Waals surface area contributed by atoms with Gasteiger partial charge in [-0.15, -0.1) is 0 Å². The summed E-state index contributed by atoms with van der Waals surface area (Å²) >= 11 is 0. The van der Waals surface area contributed by atoms with Crippen LogP contribution in [0.1, 0.15) is 27.9 Å². The number of nitrogens with zero attached hydrogens (tertiary/aromatic N) is 2. The molecule has 0 bridgehead atoms. The van der Waals surface area contributed by atoms with Crippen molar-refractivity contribution in [3.05, 3.63) is 58.7 Å². The van der Waals surface area contributed by atoms with E-state index in [2.05, 4.69) is 5.10 Å². The molecular formula is C19H18F2N2O3. The van der Waals surface area contributed by atoms with Crippen LogP contribution in [0, 0.1) is 18.6 Å². The molecule has 3 rings (SSSR count). The van der Waals surface area contributed by atoms with Crippen molar-refractivity contribution in [3.63, 3.8) is 0 Å². The minimum atomic E-state index is -1.15. The Kier molecular flexibility index (Phi) is 4.88. The molecule has 0 N–H and O–H groups in total. The third-order valence-electron chi connectivity index (χ3n) is 4.26. The Morgan fingerprint density at radius 1 is 1.08 bits per heavy atom. The van der Waals surface area contributed by atoms with E-state index in [0.717, 1.165) is 10.6 Å². The van der Waals surface area contributed by atoms with Crippen LogP contribution in [-0.2, 0) is 0 Å². The summed E-state index contributed by atoms with van der Waals surface area (Å²) in [6.07, 6.45) is 0.497. The summed E-state index contributed by atoms with van der Waals surface area (Å²) in [5.41, 5.74) is 1.25. The van der Waals surface area contributed by atoms with E-state index in [1.54, 1.807) is 25.3 Å². The molecule has 1 amide bonds. The number of halogens is 2. The number of carbonyl (C=O) groups is 1. The van der Waals surface area contributed by atoms with Gasteiger partial charge in [0.1, 0.15) is 0 Å². The van der Waals surface area contributed by atoms with Crippen LogP contribution in [0.5, 0.6) is 11.5 Å². The maximum Gasteiger partial charge on any atom is 0.277 e.